The molecule has 0 aliphatic heterocycles. The molecule has 1 aromatic carbocycles. The van der Waals surface area contributed by atoms with Crippen molar-refractivity contribution in [1.29, 1.82) is 0 Å². The van der Waals surface area contributed by atoms with E-state index in [0.717, 1.165) is 26.6 Å². The second-order valence-electron chi connectivity index (χ2n) is 6.05. The van der Waals surface area contributed by atoms with E-state index in [4.69, 9.17) is 4.74 Å². The number of carbonyl (C=O) groups excluding carboxylic acids is 1. The number of H-pyrrole nitrogens is 1. The molecule has 0 aliphatic rings. The molecular weight excluding hydrogens is 368 g/mol. The summed E-state index contributed by atoms with van der Waals surface area (Å²) in [7, 11) is 1.62. The average Bonchev–Trinajstić information content (AvgIpc) is 2.89. The fourth-order valence-corrected chi connectivity index (χ4v) is 4.66. The molecule has 136 valence electrons. The molecule has 0 saturated heterocycles. The first-order valence-corrected chi connectivity index (χ1v) is 10.1. The maximum absolute atomic E-state index is 12.3. The first-order chi connectivity index (χ1) is 12.4. The van der Waals surface area contributed by atoms with Crippen LogP contribution in [0.15, 0.2) is 23.0 Å². The lowest BCUT2D eigenvalue weighted by Crippen LogP contribution is -2.10. The number of nitrogens with zero attached hydrogens (tertiary/aromatic N) is 1. The quantitative estimate of drug-likeness (QED) is 0.639. The summed E-state index contributed by atoms with van der Waals surface area (Å²) in [4.78, 5) is 33.3. The molecular formula is C19H20N2O3S2. The monoisotopic (exact) mass is 388 g/mol. The van der Waals surface area contributed by atoms with Gasteiger partial charge in [-0.3, -0.25) is 9.59 Å². The Hall–Kier alpha value is -2.12. The van der Waals surface area contributed by atoms with Crippen LogP contribution in [0.4, 0.5) is 0 Å². The lowest BCUT2D eigenvalue weighted by molar-refractivity contribution is 0.101. The van der Waals surface area contributed by atoms with Crippen LogP contribution in [-0.4, -0.2) is 22.9 Å². The highest BCUT2D eigenvalue weighted by molar-refractivity contribution is 7.97. The molecule has 0 radical (unpaired) electrons. The molecule has 5 nitrogen and oxygen atoms in total. The van der Waals surface area contributed by atoms with Gasteiger partial charge in [0.1, 0.15) is 16.4 Å². The molecule has 2 aromatic heterocycles. The molecule has 1 N–H and O–H groups in total. The Morgan fingerprint density at radius 2 is 2.08 bits per heavy atom. The van der Waals surface area contributed by atoms with Gasteiger partial charge in [-0.1, -0.05) is 0 Å². The number of thiophene rings is 1. The Morgan fingerprint density at radius 1 is 1.31 bits per heavy atom. The number of methoxy groups -OCH3 is 1. The molecule has 0 aliphatic carbocycles. The molecule has 2 heterocycles. The lowest BCUT2D eigenvalue weighted by atomic mass is 10.1. The van der Waals surface area contributed by atoms with Gasteiger partial charge < -0.3 is 9.72 Å². The van der Waals surface area contributed by atoms with E-state index in [9.17, 15) is 9.59 Å². The van der Waals surface area contributed by atoms with E-state index >= 15 is 0 Å². The van der Waals surface area contributed by atoms with Crippen LogP contribution in [-0.2, 0) is 11.5 Å². The minimum atomic E-state index is -0.0800. The van der Waals surface area contributed by atoms with Gasteiger partial charge in [-0.15, -0.1) is 23.1 Å². The number of aryl methyl sites for hydroxylation is 2. The van der Waals surface area contributed by atoms with Crippen LogP contribution < -0.4 is 10.3 Å². The molecule has 0 fully saturated rings. The van der Waals surface area contributed by atoms with Crippen molar-refractivity contribution in [3.8, 4) is 5.75 Å². The van der Waals surface area contributed by atoms with Crippen molar-refractivity contribution in [2.24, 2.45) is 0 Å². The summed E-state index contributed by atoms with van der Waals surface area (Å²) in [6.07, 6.45) is 0. The Kier molecular flexibility index (Phi) is 5.48. The predicted molar refractivity (Wildman–Crippen MR) is 108 cm³/mol. The highest BCUT2D eigenvalue weighted by Crippen LogP contribution is 2.28. The molecule has 3 aromatic rings. The number of aromatic nitrogens is 2. The van der Waals surface area contributed by atoms with Crippen molar-refractivity contribution in [3.63, 3.8) is 0 Å². The zero-order valence-electron chi connectivity index (χ0n) is 15.1. The molecule has 0 atom stereocenters. The number of rotatable bonds is 6. The van der Waals surface area contributed by atoms with E-state index in [1.165, 1.54) is 0 Å². The molecule has 0 saturated carbocycles. The number of benzene rings is 1. The van der Waals surface area contributed by atoms with Gasteiger partial charge in [0.15, 0.2) is 5.78 Å². The number of hydrogen-bond donors (Lipinski definition) is 1. The summed E-state index contributed by atoms with van der Waals surface area (Å²) in [5, 5.41) is 0.692. The van der Waals surface area contributed by atoms with E-state index in [-0.39, 0.29) is 11.3 Å². The normalized spacial score (nSPS) is 11.1. The van der Waals surface area contributed by atoms with E-state index in [0.29, 0.717) is 28.3 Å². The number of nitrogens with one attached hydrogen (secondary N) is 1. The third-order valence-electron chi connectivity index (χ3n) is 4.27. The van der Waals surface area contributed by atoms with Crippen LogP contribution >= 0.6 is 23.1 Å². The highest BCUT2D eigenvalue weighted by atomic mass is 32.2. The van der Waals surface area contributed by atoms with Crippen LogP contribution in [0, 0.1) is 13.8 Å². The lowest BCUT2D eigenvalue weighted by Gasteiger charge is -2.09. The van der Waals surface area contributed by atoms with Crippen molar-refractivity contribution < 1.29 is 9.53 Å². The standard InChI is InChI=1S/C19H20N2O3S2/c1-10-12(3)26-19-17(10)18(23)20-16(21-19)9-25-8-14-7-13(11(2)22)5-6-15(14)24-4/h5-7H,8-9H2,1-4H3,(H,20,21,23). The van der Waals surface area contributed by atoms with Crippen LogP contribution in [0.25, 0.3) is 10.2 Å². The summed E-state index contributed by atoms with van der Waals surface area (Å²) in [5.41, 5.74) is 2.54. The Morgan fingerprint density at radius 3 is 2.77 bits per heavy atom. The number of ketones is 1. The minimum Gasteiger partial charge on any atom is -0.496 e. The fourth-order valence-electron chi connectivity index (χ4n) is 2.74. The summed E-state index contributed by atoms with van der Waals surface area (Å²) in [5.74, 6) is 2.68. The zero-order chi connectivity index (χ0) is 18.8. The molecule has 3 rings (SSSR count). The molecule has 0 spiro atoms. The fraction of sp³-hybridized carbons (Fsp3) is 0.316. The van der Waals surface area contributed by atoms with Gasteiger partial charge in [0.25, 0.3) is 5.56 Å². The van der Waals surface area contributed by atoms with Crippen LogP contribution in [0.3, 0.4) is 0 Å². The van der Waals surface area contributed by atoms with Crippen molar-refractivity contribution in [1.82, 2.24) is 9.97 Å². The van der Waals surface area contributed by atoms with Crippen LogP contribution in [0.5, 0.6) is 5.75 Å². The predicted octanol–water partition coefficient (Wildman–Crippen LogP) is 4.25. The van der Waals surface area contributed by atoms with E-state index < -0.39 is 0 Å². The second-order valence-corrected chi connectivity index (χ2v) is 8.24. The second kappa shape index (κ2) is 7.63. The Balaban J connectivity index is 1.78. The smallest absolute Gasteiger partial charge is 0.259 e. The number of fused-ring (bicyclic) bond motifs is 1. The molecule has 0 amide bonds. The van der Waals surface area contributed by atoms with Gasteiger partial charge in [-0.2, -0.15) is 0 Å². The van der Waals surface area contributed by atoms with Crippen LogP contribution in [0.2, 0.25) is 0 Å². The highest BCUT2D eigenvalue weighted by Gasteiger charge is 2.12. The number of carbonyl (C=O) groups is 1. The maximum Gasteiger partial charge on any atom is 0.259 e. The molecule has 0 unspecified atom stereocenters. The summed E-state index contributed by atoms with van der Waals surface area (Å²) >= 11 is 3.17. The third-order valence-corrected chi connectivity index (χ3v) is 6.37. The van der Waals surface area contributed by atoms with Gasteiger partial charge >= 0.3 is 0 Å². The number of thioether (sulfide) groups is 1. The molecule has 0 bridgehead atoms. The van der Waals surface area contributed by atoms with Gasteiger partial charge in [0.05, 0.1) is 18.2 Å². The van der Waals surface area contributed by atoms with E-state index in [1.807, 2.05) is 26.0 Å². The topological polar surface area (TPSA) is 72.0 Å². The van der Waals surface area contributed by atoms with Crippen molar-refractivity contribution >= 4 is 39.1 Å². The Labute approximate surface area is 159 Å². The zero-order valence-corrected chi connectivity index (χ0v) is 16.8. The summed E-state index contributed by atoms with van der Waals surface area (Å²) < 4.78 is 5.38. The summed E-state index contributed by atoms with van der Waals surface area (Å²) in [6.45, 7) is 5.51. The van der Waals surface area contributed by atoms with Crippen molar-refractivity contribution in [2.45, 2.75) is 32.3 Å². The maximum atomic E-state index is 12.3. The van der Waals surface area contributed by atoms with Gasteiger partial charge in [-0.25, -0.2) is 4.98 Å². The van der Waals surface area contributed by atoms with Gasteiger partial charge in [0.2, 0.25) is 0 Å². The number of Topliss-reactive ketones (excluding diaryl/α,β-unsaturated/α-hetero) is 1. The average molecular weight is 389 g/mol. The minimum absolute atomic E-state index is 0.0267. The summed E-state index contributed by atoms with van der Waals surface area (Å²) in [6, 6.07) is 5.44. The first-order valence-electron chi connectivity index (χ1n) is 8.15. The Bertz CT molecular complexity index is 1040. The van der Waals surface area contributed by atoms with Crippen molar-refractivity contribution in [3.05, 3.63) is 55.9 Å². The SMILES string of the molecule is COc1ccc(C(C)=O)cc1CSCc1nc2sc(C)c(C)c2c(=O)[nH]1. The van der Waals surface area contributed by atoms with Gasteiger partial charge in [-0.05, 0) is 44.5 Å². The van der Waals surface area contributed by atoms with Crippen molar-refractivity contribution in [2.75, 3.05) is 7.11 Å². The third kappa shape index (κ3) is 3.68. The number of ether oxygens (including phenoxy) is 1. The molecule has 7 heteroatoms. The number of aromatic amines is 1. The van der Waals surface area contributed by atoms with Crippen LogP contribution in [0.1, 0.15) is 39.1 Å². The van der Waals surface area contributed by atoms with E-state index in [2.05, 4.69) is 9.97 Å². The first kappa shape index (κ1) is 18.7. The number of hydrogen-bond acceptors (Lipinski definition) is 6. The van der Waals surface area contributed by atoms with E-state index in [1.54, 1.807) is 43.2 Å². The largest absolute Gasteiger partial charge is 0.496 e. The van der Waals surface area contributed by atoms with Gasteiger partial charge in [0, 0.05) is 21.8 Å². The molecule has 26 heavy (non-hydrogen) atoms.